The normalized spacial score (nSPS) is 10.0. The van der Waals surface area contributed by atoms with E-state index in [1.165, 1.54) is 0 Å². The minimum Gasteiger partial charge on any atom is -1.00 e. The number of rotatable bonds is 6. The van der Waals surface area contributed by atoms with Crippen molar-refractivity contribution >= 4 is 17.6 Å². The van der Waals surface area contributed by atoms with Gasteiger partial charge in [0.1, 0.15) is 0 Å². The Bertz CT molecular complexity index is 353. The van der Waals surface area contributed by atoms with Crippen molar-refractivity contribution in [2.24, 2.45) is 0 Å². The predicted octanol–water partition coefficient (Wildman–Crippen LogP) is -0.619. The first-order chi connectivity index (χ1) is 8.08. The highest BCUT2D eigenvalue weighted by atomic mass is 35.5. The molecule has 102 valence electrons. The van der Waals surface area contributed by atoms with Crippen LogP contribution in [0.3, 0.4) is 0 Å². The molecule has 0 saturated carbocycles. The molecule has 1 rings (SSSR count). The molecule has 1 aromatic rings. The van der Waals surface area contributed by atoms with Crippen LogP contribution in [0.5, 0.6) is 0 Å². The molecule has 0 saturated heterocycles. The topological polar surface area (TPSA) is 29.5 Å². The molecule has 3 nitrogen and oxygen atoms in total. The van der Waals surface area contributed by atoms with Crippen LogP contribution in [0.1, 0.15) is 12.0 Å². The number of benzene rings is 1. The summed E-state index contributed by atoms with van der Waals surface area (Å²) in [5.41, 5.74) is 0.923. The van der Waals surface area contributed by atoms with Crippen LogP contribution in [0.2, 0.25) is 5.02 Å². The summed E-state index contributed by atoms with van der Waals surface area (Å²) in [6.07, 6.45) is 1.17. The number of halogens is 2. The quantitative estimate of drug-likeness (QED) is 0.517. The van der Waals surface area contributed by atoms with Crippen molar-refractivity contribution in [1.29, 1.82) is 0 Å². The Morgan fingerprint density at radius 3 is 2.44 bits per heavy atom. The Morgan fingerprint density at radius 2 is 1.89 bits per heavy atom. The highest BCUT2D eigenvalue weighted by molar-refractivity contribution is 6.30. The van der Waals surface area contributed by atoms with Gasteiger partial charge in [-0.3, -0.25) is 4.79 Å². The minimum absolute atomic E-state index is 0. The van der Waals surface area contributed by atoms with Gasteiger partial charge in [0.05, 0.1) is 13.0 Å². The van der Waals surface area contributed by atoms with E-state index in [0.29, 0.717) is 18.1 Å². The van der Waals surface area contributed by atoms with Crippen molar-refractivity contribution in [3.63, 3.8) is 0 Å². The Kier molecular flexibility index (Phi) is 8.81. The van der Waals surface area contributed by atoms with Gasteiger partial charge >= 0.3 is 5.97 Å². The summed E-state index contributed by atoms with van der Waals surface area (Å²) in [4.78, 5) is 13.5. The highest BCUT2D eigenvalue weighted by Gasteiger charge is 2.04. The van der Waals surface area contributed by atoms with Crippen LogP contribution in [0.25, 0.3) is 0 Å². The van der Waals surface area contributed by atoms with Gasteiger partial charge in [0, 0.05) is 11.6 Å². The molecular weight excluding hydrogens is 273 g/mol. The molecule has 1 aromatic carbocycles. The van der Waals surface area contributed by atoms with Gasteiger partial charge < -0.3 is 22.0 Å². The first-order valence-electron chi connectivity index (χ1n) is 5.63. The van der Waals surface area contributed by atoms with Crippen molar-refractivity contribution in [1.82, 2.24) is 4.90 Å². The van der Waals surface area contributed by atoms with Gasteiger partial charge in [-0.25, -0.2) is 0 Å². The number of esters is 1. The Hall–Kier alpha value is -0.770. The van der Waals surface area contributed by atoms with E-state index in [1.54, 1.807) is 12.1 Å². The van der Waals surface area contributed by atoms with Crippen molar-refractivity contribution in [3.8, 4) is 0 Å². The molecule has 0 aliphatic rings. The molecule has 18 heavy (non-hydrogen) atoms. The molecule has 0 atom stereocenters. The molecule has 5 heteroatoms. The standard InChI is InChI=1S/C13H18ClNO2.ClH/c1-15(2)8-3-9-17-13(16)10-11-4-6-12(14)7-5-11;/h4-7H,3,8-10H2,1-2H3;1H/p-1. The first kappa shape index (κ1) is 17.2. The molecule has 0 N–H and O–H groups in total. The van der Waals surface area contributed by atoms with Crippen LogP contribution in [0.15, 0.2) is 24.3 Å². The van der Waals surface area contributed by atoms with E-state index in [2.05, 4.69) is 4.90 Å². The molecule has 0 radical (unpaired) electrons. The van der Waals surface area contributed by atoms with Gasteiger partial charge in [0.15, 0.2) is 0 Å². The first-order valence-corrected chi connectivity index (χ1v) is 6.00. The third-order valence-electron chi connectivity index (χ3n) is 2.27. The third-order valence-corrected chi connectivity index (χ3v) is 2.53. The summed E-state index contributed by atoms with van der Waals surface area (Å²) >= 11 is 5.76. The van der Waals surface area contributed by atoms with Crippen LogP contribution in [0, 0.1) is 0 Å². The lowest BCUT2D eigenvalue weighted by Crippen LogP contribution is -3.00. The van der Waals surface area contributed by atoms with Gasteiger partial charge in [0.25, 0.3) is 0 Å². The summed E-state index contributed by atoms with van der Waals surface area (Å²) in [7, 11) is 3.99. The van der Waals surface area contributed by atoms with Crippen LogP contribution in [-0.4, -0.2) is 38.1 Å². The minimum atomic E-state index is -0.189. The van der Waals surface area contributed by atoms with Crippen LogP contribution >= 0.6 is 11.6 Å². The van der Waals surface area contributed by atoms with Gasteiger partial charge in [-0.05, 0) is 38.2 Å². The van der Waals surface area contributed by atoms with Crippen molar-refractivity contribution in [2.75, 3.05) is 27.2 Å². The molecule has 0 heterocycles. The van der Waals surface area contributed by atoms with E-state index in [1.807, 2.05) is 26.2 Å². The average molecular weight is 291 g/mol. The average Bonchev–Trinajstić information content (AvgIpc) is 2.27. The van der Waals surface area contributed by atoms with Gasteiger partial charge in [-0.15, -0.1) is 0 Å². The maximum absolute atomic E-state index is 11.5. The molecule has 0 fully saturated rings. The molecule has 0 bridgehead atoms. The highest BCUT2D eigenvalue weighted by Crippen LogP contribution is 2.10. The Balaban J connectivity index is 0.00000289. The van der Waals surface area contributed by atoms with E-state index in [4.69, 9.17) is 16.3 Å². The zero-order valence-electron chi connectivity index (χ0n) is 10.7. The third kappa shape index (κ3) is 7.54. The fourth-order valence-corrected chi connectivity index (χ4v) is 1.51. The van der Waals surface area contributed by atoms with Crippen LogP contribution in [0.4, 0.5) is 0 Å². The lowest BCUT2D eigenvalue weighted by Gasteiger charge is -2.09. The fourth-order valence-electron chi connectivity index (χ4n) is 1.39. The largest absolute Gasteiger partial charge is 1.00 e. The summed E-state index contributed by atoms with van der Waals surface area (Å²) < 4.78 is 5.13. The smallest absolute Gasteiger partial charge is 0.310 e. The number of ether oxygens (including phenoxy) is 1. The molecular formula is C13H18Cl2NO2-. The van der Waals surface area contributed by atoms with Gasteiger partial charge in [0.2, 0.25) is 0 Å². The Morgan fingerprint density at radius 1 is 1.28 bits per heavy atom. The maximum Gasteiger partial charge on any atom is 0.310 e. The monoisotopic (exact) mass is 290 g/mol. The lowest BCUT2D eigenvalue weighted by molar-refractivity contribution is -0.143. The van der Waals surface area contributed by atoms with Crippen molar-refractivity contribution < 1.29 is 21.9 Å². The lowest BCUT2D eigenvalue weighted by atomic mass is 10.1. The van der Waals surface area contributed by atoms with E-state index in [0.717, 1.165) is 18.5 Å². The number of carbonyl (C=O) groups excluding carboxylic acids is 1. The fraction of sp³-hybridized carbons (Fsp3) is 0.462. The number of nitrogens with zero attached hydrogens (tertiary/aromatic N) is 1. The van der Waals surface area contributed by atoms with Crippen molar-refractivity contribution in [3.05, 3.63) is 34.9 Å². The van der Waals surface area contributed by atoms with E-state index >= 15 is 0 Å². The van der Waals surface area contributed by atoms with Crippen LogP contribution in [-0.2, 0) is 16.0 Å². The van der Waals surface area contributed by atoms with E-state index in [-0.39, 0.29) is 18.4 Å². The Labute approximate surface area is 119 Å². The molecule has 0 unspecified atom stereocenters. The molecule has 0 aromatic heterocycles. The van der Waals surface area contributed by atoms with Crippen LogP contribution < -0.4 is 12.4 Å². The maximum atomic E-state index is 11.5. The number of hydrogen-bond acceptors (Lipinski definition) is 3. The molecule has 0 spiro atoms. The zero-order chi connectivity index (χ0) is 12.7. The second-order valence-corrected chi connectivity index (χ2v) is 4.62. The van der Waals surface area contributed by atoms with Crippen molar-refractivity contribution in [2.45, 2.75) is 12.8 Å². The predicted molar refractivity (Wildman–Crippen MR) is 69.3 cm³/mol. The number of carbonyl (C=O) groups is 1. The van der Waals surface area contributed by atoms with Gasteiger partial charge in [-0.2, -0.15) is 0 Å². The zero-order valence-corrected chi connectivity index (χ0v) is 12.2. The second-order valence-electron chi connectivity index (χ2n) is 4.18. The summed E-state index contributed by atoms with van der Waals surface area (Å²) in [5, 5.41) is 0.674. The van der Waals surface area contributed by atoms with E-state index < -0.39 is 0 Å². The number of hydrogen-bond donors (Lipinski definition) is 0. The van der Waals surface area contributed by atoms with E-state index in [9.17, 15) is 4.79 Å². The molecule has 0 aliphatic heterocycles. The second kappa shape index (κ2) is 9.20. The SMILES string of the molecule is CN(C)CCCOC(=O)Cc1ccc(Cl)cc1.[Cl-]. The summed E-state index contributed by atoms with van der Waals surface area (Å²) in [6, 6.07) is 7.22. The van der Waals surface area contributed by atoms with Gasteiger partial charge in [-0.1, -0.05) is 23.7 Å². The molecule has 0 aliphatic carbocycles. The molecule has 0 amide bonds. The summed E-state index contributed by atoms with van der Waals surface area (Å²) in [6.45, 7) is 1.40. The summed E-state index contributed by atoms with van der Waals surface area (Å²) in [5.74, 6) is -0.189.